The molecule has 3 fully saturated rings. The molecule has 0 spiro atoms. The summed E-state index contributed by atoms with van der Waals surface area (Å²) >= 11 is 0. The van der Waals surface area contributed by atoms with E-state index in [4.69, 9.17) is 0 Å². The number of allylic oxidation sites excluding steroid dienone is 2. The normalized spacial score (nSPS) is 46.5. The van der Waals surface area contributed by atoms with Gasteiger partial charge < -0.3 is 0 Å². The third kappa shape index (κ3) is 3.43. The van der Waals surface area contributed by atoms with Gasteiger partial charge in [-0.15, -0.1) is 0 Å². The van der Waals surface area contributed by atoms with Crippen molar-refractivity contribution in [2.75, 3.05) is 0 Å². The summed E-state index contributed by atoms with van der Waals surface area (Å²) in [6.07, 6.45) is 19.0. The Kier molecular flexibility index (Phi) is 5.83. The van der Waals surface area contributed by atoms with E-state index in [9.17, 15) is 0 Å². The van der Waals surface area contributed by atoms with E-state index in [1.165, 1.54) is 70.6 Å². The van der Waals surface area contributed by atoms with Crippen LogP contribution >= 0.6 is 0 Å². The molecule has 0 heteroatoms. The minimum atomic E-state index is 0.553. The van der Waals surface area contributed by atoms with Gasteiger partial charge in [-0.25, -0.2) is 0 Å². The number of rotatable bonds is 5. The third-order valence-corrected chi connectivity index (χ3v) is 10.6. The molecule has 0 aromatic heterocycles. The van der Waals surface area contributed by atoms with E-state index < -0.39 is 0 Å². The van der Waals surface area contributed by atoms with Gasteiger partial charge in [-0.05, 0) is 104 Å². The van der Waals surface area contributed by atoms with Gasteiger partial charge in [0.05, 0.1) is 0 Å². The van der Waals surface area contributed by atoms with Crippen LogP contribution in [-0.4, -0.2) is 0 Å². The highest BCUT2D eigenvalue weighted by Gasteiger charge is 2.58. The van der Waals surface area contributed by atoms with E-state index in [2.05, 4.69) is 47.6 Å². The monoisotopic (exact) mass is 384 g/mol. The van der Waals surface area contributed by atoms with Gasteiger partial charge in [0.25, 0.3) is 0 Å². The summed E-state index contributed by atoms with van der Waals surface area (Å²) in [4.78, 5) is 0. The first-order valence-corrected chi connectivity index (χ1v) is 12.9. The lowest BCUT2D eigenvalue weighted by atomic mass is 9.46. The highest BCUT2D eigenvalue weighted by atomic mass is 14.6. The summed E-state index contributed by atoms with van der Waals surface area (Å²) in [5, 5.41) is 0. The van der Waals surface area contributed by atoms with Crippen LogP contribution in [0.4, 0.5) is 0 Å². The van der Waals surface area contributed by atoms with Gasteiger partial charge >= 0.3 is 0 Å². The molecule has 4 aliphatic rings. The molecule has 8 atom stereocenters. The molecule has 0 unspecified atom stereocenters. The van der Waals surface area contributed by atoms with E-state index in [1.54, 1.807) is 0 Å². The molecule has 0 N–H and O–H groups in total. The Labute approximate surface area is 176 Å². The molecule has 4 aliphatic carbocycles. The SMILES string of the molecule is CC(C)CCC[C@@H](C)[C@H]1CC[C@H]2[C@@H]3CC=C4C[C@@H](C)CC[C@]4(C)[C@H]3CC[C@]12C. The maximum Gasteiger partial charge on any atom is -0.00851 e. The second-order valence-corrected chi connectivity index (χ2v) is 12.6. The molecule has 0 aliphatic heterocycles. The zero-order valence-corrected chi connectivity index (χ0v) is 19.9. The first kappa shape index (κ1) is 21.0. The van der Waals surface area contributed by atoms with Crippen LogP contribution in [0, 0.1) is 52.3 Å². The van der Waals surface area contributed by atoms with Crippen molar-refractivity contribution in [3.05, 3.63) is 11.6 Å². The molecular weight excluding hydrogens is 336 g/mol. The van der Waals surface area contributed by atoms with E-state index in [0.29, 0.717) is 10.8 Å². The number of hydrogen-bond acceptors (Lipinski definition) is 0. The molecule has 0 heterocycles. The second kappa shape index (κ2) is 7.77. The molecule has 0 bridgehead atoms. The van der Waals surface area contributed by atoms with Gasteiger partial charge in [0.2, 0.25) is 0 Å². The number of hydrogen-bond donors (Lipinski definition) is 0. The summed E-state index contributed by atoms with van der Waals surface area (Å²) < 4.78 is 0. The Morgan fingerprint density at radius 2 is 1.75 bits per heavy atom. The van der Waals surface area contributed by atoms with Crippen LogP contribution in [0.1, 0.15) is 112 Å². The standard InChI is InChI=1S/C28H48/c1-19(2)8-7-9-21(4)24-12-13-25-23-11-10-22-18-20(3)14-16-27(22,5)26(23)15-17-28(24,25)6/h10,19-21,23-26H,7-9,11-18H2,1-6H3/t20-,21+,23-,24+,25-,26-,27-,28+/m0/s1. The Balaban J connectivity index is 1.49. The van der Waals surface area contributed by atoms with Crippen molar-refractivity contribution < 1.29 is 0 Å². The fourth-order valence-corrected chi connectivity index (χ4v) is 8.87. The molecule has 3 saturated carbocycles. The van der Waals surface area contributed by atoms with E-state index in [1.807, 2.05) is 5.57 Å². The minimum absolute atomic E-state index is 0.553. The topological polar surface area (TPSA) is 0 Å². The Morgan fingerprint density at radius 1 is 0.964 bits per heavy atom. The van der Waals surface area contributed by atoms with Gasteiger partial charge in [-0.2, -0.15) is 0 Å². The van der Waals surface area contributed by atoms with Crippen molar-refractivity contribution in [1.82, 2.24) is 0 Å². The maximum absolute atomic E-state index is 2.75. The summed E-state index contributed by atoms with van der Waals surface area (Å²) in [6, 6.07) is 0. The fourth-order valence-electron chi connectivity index (χ4n) is 8.87. The van der Waals surface area contributed by atoms with Crippen LogP contribution in [0.25, 0.3) is 0 Å². The molecule has 4 rings (SSSR count). The minimum Gasteiger partial charge on any atom is -0.0845 e. The predicted octanol–water partition coefficient (Wildman–Crippen LogP) is 8.66. The molecule has 0 aromatic rings. The third-order valence-electron chi connectivity index (χ3n) is 10.6. The largest absolute Gasteiger partial charge is 0.0845 e. The molecule has 0 aromatic carbocycles. The van der Waals surface area contributed by atoms with E-state index in [-0.39, 0.29) is 0 Å². The smallest absolute Gasteiger partial charge is 0.00851 e. The maximum atomic E-state index is 2.75. The zero-order valence-electron chi connectivity index (χ0n) is 19.9. The predicted molar refractivity (Wildman–Crippen MR) is 122 cm³/mol. The van der Waals surface area contributed by atoms with Crippen molar-refractivity contribution >= 4 is 0 Å². The molecule has 0 amide bonds. The molecule has 0 nitrogen and oxygen atoms in total. The quantitative estimate of drug-likeness (QED) is 0.416. The summed E-state index contributed by atoms with van der Waals surface area (Å²) in [7, 11) is 0. The van der Waals surface area contributed by atoms with Crippen molar-refractivity contribution in [3.63, 3.8) is 0 Å². The first-order valence-electron chi connectivity index (χ1n) is 12.9. The molecular formula is C28H48. The summed E-state index contributed by atoms with van der Waals surface area (Å²) in [5.41, 5.74) is 3.06. The van der Waals surface area contributed by atoms with Crippen LogP contribution in [0.2, 0.25) is 0 Å². The van der Waals surface area contributed by atoms with Crippen molar-refractivity contribution in [2.24, 2.45) is 52.3 Å². The van der Waals surface area contributed by atoms with Gasteiger partial charge in [0.1, 0.15) is 0 Å². The lowest BCUT2D eigenvalue weighted by molar-refractivity contribution is -0.0523. The molecule has 160 valence electrons. The van der Waals surface area contributed by atoms with Crippen molar-refractivity contribution in [3.8, 4) is 0 Å². The van der Waals surface area contributed by atoms with Crippen LogP contribution < -0.4 is 0 Å². The van der Waals surface area contributed by atoms with Crippen molar-refractivity contribution in [2.45, 2.75) is 112 Å². The Morgan fingerprint density at radius 3 is 2.50 bits per heavy atom. The first-order chi connectivity index (χ1) is 13.3. The lowest BCUT2D eigenvalue weighted by Crippen LogP contribution is -2.50. The molecule has 28 heavy (non-hydrogen) atoms. The fraction of sp³-hybridized carbons (Fsp3) is 0.929. The van der Waals surface area contributed by atoms with Gasteiger partial charge in [-0.3, -0.25) is 0 Å². The van der Waals surface area contributed by atoms with E-state index >= 15 is 0 Å². The van der Waals surface area contributed by atoms with Crippen LogP contribution in [-0.2, 0) is 0 Å². The Hall–Kier alpha value is -0.260. The zero-order chi connectivity index (χ0) is 20.1. The van der Waals surface area contributed by atoms with Crippen LogP contribution in [0.15, 0.2) is 11.6 Å². The van der Waals surface area contributed by atoms with Gasteiger partial charge in [0.15, 0.2) is 0 Å². The summed E-state index contributed by atoms with van der Waals surface area (Å²) in [5.74, 6) is 6.73. The van der Waals surface area contributed by atoms with Crippen LogP contribution in [0.5, 0.6) is 0 Å². The van der Waals surface area contributed by atoms with Crippen molar-refractivity contribution in [1.29, 1.82) is 0 Å². The van der Waals surface area contributed by atoms with Gasteiger partial charge in [0, 0.05) is 0 Å². The average molecular weight is 385 g/mol. The number of fused-ring (bicyclic) bond motifs is 5. The van der Waals surface area contributed by atoms with Gasteiger partial charge in [-0.1, -0.05) is 72.5 Å². The van der Waals surface area contributed by atoms with E-state index in [0.717, 1.165) is 41.4 Å². The Bertz CT molecular complexity index is 585. The second-order valence-electron chi connectivity index (χ2n) is 12.6. The molecule has 0 saturated heterocycles. The summed E-state index contributed by atoms with van der Waals surface area (Å²) in [6.45, 7) is 15.3. The molecule has 0 radical (unpaired) electrons. The highest BCUT2D eigenvalue weighted by Crippen LogP contribution is 2.67. The highest BCUT2D eigenvalue weighted by molar-refractivity contribution is 5.25. The average Bonchev–Trinajstić information content (AvgIpc) is 2.99. The lowest BCUT2D eigenvalue weighted by Gasteiger charge is -2.58. The van der Waals surface area contributed by atoms with Crippen LogP contribution in [0.3, 0.4) is 0 Å².